The summed E-state index contributed by atoms with van der Waals surface area (Å²) in [6.45, 7) is 5.50. The minimum Gasteiger partial charge on any atom is -0.383 e. The zero-order chi connectivity index (χ0) is 22.2. The molecule has 1 aliphatic heterocycles. The molecule has 0 bridgehead atoms. The van der Waals surface area contributed by atoms with E-state index in [0.29, 0.717) is 37.3 Å². The fourth-order valence-corrected chi connectivity index (χ4v) is 7.69. The van der Waals surface area contributed by atoms with Crippen molar-refractivity contribution in [2.24, 2.45) is 4.99 Å². The second-order valence-corrected chi connectivity index (χ2v) is 11.7. The average Bonchev–Trinajstić information content (AvgIpc) is 3.48. The first-order chi connectivity index (χ1) is 14.8. The summed E-state index contributed by atoms with van der Waals surface area (Å²) < 4.78 is 35.9. The molecule has 31 heavy (non-hydrogen) atoms. The largest absolute Gasteiger partial charge is 0.383 e. The van der Waals surface area contributed by atoms with Gasteiger partial charge in [-0.3, -0.25) is 4.79 Å². The Bertz CT molecular complexity index is 1270. The van der Waals surface area contributed by atoms with E-state index < -0.39 is 22.0 Å². The molecule has 7 nitrogen and oxygen atoms in total. The summed E-state index contributed by atoms with van der Waals surface area (Å²) in [6.07, 6.45) is 1.12. The van der Waals surface area contributed by atoms with Crippen LogP contribution in [0.1, 0.15) is 24.0 Å². The van der Waals surface area contributed by atoms with Gasteiger partial charge in [0.1, 0.15) is 10.3 Å². The quantitative estimate of drug-likeness (QED) is 0.543. The number of carbonyl (C=O) groups is 1. The normalized spacial score (nSPS) is 18.3. The molecule has 166 valence electrons. The number of hydrogen-bond donors (Lipinski definition) is 0. The van der Waals surface area contributed by atoms with Gasteiger partial charge in [-0.2, -0.15) is 9.30 Å². The van der Waals surface area contributed by atoms with Crippen LogP contribution in [-0.4, -0.2) is 49.5 Å². The van der Waals surface area contributed by atoms with Gasteiger partial charge in [0.15, 0.2) is 4.80 Å². The molecule has 0 saturated carbocycles. The molecule has 1 amide bonds. The van der Waals surface area contributed by atoms with Crippen molar-refractivity contribution in [3.05, 3.63) is 45.6 Å². The van der Waals surface area contributed by atoms with Crippen molar-refractivity contribution in [2.45, 2.75) is 43.5 Å². The molecule has 0 spiro atoms. The fraction of sp³-hybridized carbons (Fsp3) is 0.429. The third-order valence-electron chi connectivity index (χ3n) is 5.57. The van der Waals surface area contributed by atoms with Crippen LogP contribution in [0, 0.1) is 13.8 Å². The highest BCUT2D eigenvalue weighted by atomic mass is 32.2. The zero-order valence-corrected chi connectivity index (χ0v) is 20.1. The molecule has 10 heteroatoms. The van der Waals surface area contributed by atoms with Crippen molar-refractivity contribution in [3.63, 3.8) is 0 Å². The van der Waals surface area contributed by atoms with Crippen molar-refractivity contribution in [1.29, 1.82) is 0 Å². The Morgan fingerprint density at radius 3 is 2.77 bits per heavy atom. The van der Waals surface area contributed by atoms with Crippen molar-refractivity contribution in [2.75, 3.05) is 20.3 Å². The molecule has 1 saturated heterocycles. The van der Waals surface area contributed by atoms with Crippen LogP contribution in [0.4, 0.5) is 0 Å². The van der Waals surface area contributed by atoms with Gasteiger partial charge in [-0.15, -0.1) is 11.3 Å². The van der Waals surface area contributed by atoms with Gasteiger partial charge in [-0.05, 0) is 61.4 Å². The van der Waals surface area contributed by atoms with E-state index in [1.807, 2.05) is 4.57 Å². The molecule has 1 aliphatic rings. The summed E-state index contributed by atoms with van der Waals surface area (Å²) in [4.78, 5) is 18.2. The number of hydrogen-bond acceptors (Lipinski definition) is 6. The number of fused-ring (bicyclic) bond motifs is 1. The zero-order valence-electron chi connectivity index (χ0n) is 17.7. The lowest BCUT2D eigenvalue weighted by molar-refractivity contribution is -0.121. The molecule has 3 heterocycles. The van der Waals surface area contributed by atoms with E-state index in [1.54, 1.807) is 24.6 Å². The van der Waals surface area contributed by atoms with Crippen LogP contribution in [-0.2, 0) is 26.1 Å². The minimum absolute atomic E-state index is 0.259. The molecule has 1 aromatic carbocycles. The third-order valence-corrected chi connectivity index (χ3v) is 9.89. The predicted octanol–water partition coefficient (Wildman–Crippen LogP) is 3.31. The smallest absolute Gasteiger partial charge is 0.266 e. The van der Waals surface area contributed by atoms with Crippen LogP contribution >= 0.6 is 22.7 Å². The molecule has 0 aliphatic carbocycles. The Labute approximate surface area is 189 Å². The maximum absolute atomic E-state index is 13.2. The number of thiazole rings is 1. The van der Waals surface area contributed by atoms with E-state index in [4.69, 9.17) is 4.74 Å². The van der Waals surface area contributed by atoms with Crippen LogP contribution in [0.3, 0.4) is 0 Å². The summed E-state index contributed by atoms with van der Waals surface area (Å²) >= 11 is 2.61. The standard InChI is InChI=1S/C21H25N3O4S3/c1-14-12-17-18(13-15(14)2)30-21(23(17)9-10-28-3)22-20(25)16-6-4-8-24(16)31(26,27)19-7-5-11-29-19/h5,7,11-13,16H,4,6,8-10H2,1-3H3. The first-order valence-electron chi connectivity index (χ1n) is 10.1. The monoisotopic (exact) mass is 479 g/mol. The predicted molar refractivity (Wildman–Crippen MR) is 123 cm³/mol. The van der Waals surface area contributed by atoms with Crippen LogP contribution in [0.25, 0.3) is 10.2 Å². The molecule has 1 atom stereocenters. The summed E-state index contributed by atoms with van der Waals surface area (Å²) in [7, 11) is -2.06. The maximum Gasteiger partial charge on any atom is 0.266 e. The second kappa shape index (κ2) is 8.95. The number of rotatable bonds is 6. The van der Waals surface area contributed by atoms with Gasteiger partial charge < -0.3 is 9.30 Å². The van der Waals surface area contributed by atoms with E-state index in [-0.39, 0.29) is 4.21 Å². The third kappa shape index (κ3) is 4.27. The highest BCUT2D eigenvalue weighted by Crippen LogP contribution is 2.29. The summed E-state index contributed by atoms with van der Waals surface area (Å²) in [6, 6.07) is 6.71. The van der Waals surface area contributed by atoms with Gasteiger partial charge in [-0.25, -0.2) is 8.42 Å². The molecule has 3 aromatic rings. The Kier molecular flexibility index (Phi) is 6.45. The Morgan fingerprint density at radius 1 is 1.29 bits per heavy atom. The number of methoxy groups -OCH3 is 1. The number of ether oxygens (including phenoxy) is 1. The minimum atomic E-state index is -3.69. The molecular formula is C21H25N3O4S3. The van der Waals surface area contributed by atoms with Gasteiger partial charge in [0.2, 0.25) is 0 Å². The molecular weight excluding hydrogens is 454 g/mol. The Hall–Kier alpha value is -1.85. The summed E-state index contributed by atoms with van der Waals surface area (Å²) in [5, 5.41) is 1.73. The lowest BCUT2D eigenvalue weighted by atomic mass is 10.1. The van der Waals surface area contributed by atoms with E-state index >= 15 is 0 Å². The highest BCUT2D eigenvalue weighted by Gasteiger charge is 2.39. The van der Waals surface area contributed by atoms with Crippen LogP contribution in [0.15, 0.2) is 38.8 Å². The number of amides is 1. The lowest BCUT2D eigenvalue weighted by Gasteiger charge is -2.20. The van der Waals surface area contributed by atoms with Crippen LogP contribution in [0.2, 0.25) is 0 Å². The van der Waals surface area contributed by atoms with Crippen LogP contribution in [0.5, 0.6) is 0 Å². The molecule has 0 N–H and O–H groups in total. The maximum atomic E-state index is 13.2. The van der Waals surface area contributed by atoms with Crippen LogP contribution < -0.4 is 4.80 Å². The number of thiophene rings is 1. The number of sulfonamides is 1. The number of aromatic nitrogens is 1. The highest BCUT2D eigenvalue weighted by molar-refractivity contribution is 7.91. The topological polar surface area (TPSA) is 81.0 Å². The Balaban J connectivity index is 1.74. The molecule has 4 rings (SSSR count). The first-order valence-corrected chi connectivity index (χ1v) is 13.2. The first kappa shape index (κ1) is 22.3. The van der Waals surface area contributed by atoms with Crippen molar-refractivity contribution < 1.29 is 17.9 Å². The fourth-order valence-electron chi connectivity index (χ4n) is 3.77. The van der Waals surface area contributed by atoms with Crippen molar-refractivity contribution >= 4 is 48.8 Å². The lowest BCUT2D eigenvalue weighted by Crippen LogP contribution is -2.40. The molecule has 1 unspecified atom stereocenters. The van der Waals surface area contributed by atoms with Gasteiger partial charge in [0.25, 0.3) is 15.9 Å². The summed E-state index contributed by atoms with van der Waals surface area (Å²) in [5.41, 5.74) is 3.35. The van der Waals surface area contributed by atoms with Crippen molar-refractivity contribution in [1.82, 2.24) is 8.87 Å². The van der Waals surface area contributed by atoms with E-state index in [1.165, 1.54) is 26.8 Å². The van der Waals surface area contributed by atoms with E-state index in [0.717, 1.165) is 21.6 Å². The average molecular weight is 480 g/mol. The van der Waals surface area contributed by atoms with E-state index in [9.17, 15) is 13.2 Å². The number of aryl methyl sites for hydroxylation is 2. The molecule has 2 aromatic heterocycles. The SMILES string of the molecule is COCCn1c(=NC(=O)C2CCCN2S(=O)(=O)c2cccs2)sc2cc(C)c(C)cc21. The van der Waals surface area contributed by atoms with E-state index in [2.05, 4.69) is 31.0 Å². The second-order valence-electron chi connectivity index (χ2n) is 7.59. The molecule has 0 radical (unpaired) electrons. The molecule has 1 fully saturated rings. The van der Waals surface area contributed by atoms with Crippen molar-refractivity contribution in [3.8, 4) is 0 Å². The van der Waals surface area contributed by atoms with Gasteiger partial charge >= 0.3 is 0 Å². The van der Waals surface area contributed by atoms with Gasteiger partial charge in [0, 0.05) is 20.2 Å². The Morgan fingerprint density at radius 2 is 2.06 bits per heavy atom. The number of benzene rings is 1. The van der Waals surface area contributed by atoms with Gasteiger partial charge in [-0.1, -0.05) is 17.4 Å². The van der Waals surface area contributed by atoms with Gasteiger partial charge in [0.05, 0.1) is 16.8 Å². The number of carbonyl (C=O) groups excluding carboxylic acids is 1. The summed E-state index contributed by atoms with van der Waals surface area (Å²) in [5.74, 6) is -0.413. The number of nitrogens with zero attached hydrogens (tertiary/aromatic N) is 3.